The third-order valence-electron chi connectivity index (χ3n) is 3.11. The predicted octanol–water partition coefficient (Wildman–Crippen LogP) is 3.87. The van der Waals surface area contributed by atoms with Crippen LogP contribution in [-0.4, -0.2) is 12.5 Å². The molecule has 1 N–H and O–H groups in total. The van der Waals surface area contributed by atoms with Gasteiger partial charge in [0.05, 0.1) is 5.56 Å². The van der Waals surface area contributed by atoms with Gasteiger partial charge in [0.1, 0.15) is 5.82 Å². The molecule has 2 aromatic carbocycles. The molecule has 0 aliphatic rings. The molecular weight excluding hydrogens is 321 g/mol. The molecule has 0 aromatic heterocycles. The quantitative estimate of drug-likeness (QED) is 0.902. The molecule has 0 saturated carbocycles. The Morgan fingerprint density at radius 1 is 1.25 bits per heavy atom. The highest BCUT2D eigenvalue weighted by Gasteiger charge is 2.10. The molecule has 0 fully saturated rings. The maximum absolute atomic E-state index is 13.1. The number of hydrogen-bond acceptors (Lipinski definition) is 1. The van der Waals surface area contributed by atoms with Gasteiger partial charge in [0.2, 0.25) is 0 Å². The first kappa shape index (κ1) is 14.7. The van der Waals surface area contributed by atoms with E-state index in [0.717, 1.165) is 6.42 Å². The molecule has 0 radical (unpaired) electrons. The van der Waals surface area contributed by atoms with Crippen LogP contribution in [-0.2, 0) is 6.42 Å². The second-order valence-electron chi connectivity index (χ2n) is 4.56. The van der Waals surface area contributed by atoms with Gasteiger partial charge >= 0.3 is 0 Å². The number of carbonyl (C=O) groups is 1. The fourth-order valence-electron chi connectivity index (χ4n) is 1.97. The fraction of sp³-hybridized carbons (Fsp3) is 0.188. The van der Waals surface area contributed by atoms with E-state index in [1.54, 1.807) is 0 Å². The van der Waals surface area contributed by atoms with Gasteiger partial charge in [-0.2, -0.15) is 0 Å². The molecule has 2 nitrogen and oxygen atoms in total. The fourth-order valence-corrected chi connectivity index (χ4v) is 2.39. The molecule has 0 aliphatic carbocycles. The average Bonchev–Trinajstić information content (AvgIpc) is 2.43. The first-order valence-electron chi connectivity index (χ1n) is 6.35. The molecule has 4 heteroatoms. The van der Waals surface area contributed by atoms with E-state index in [4.69, 9.17) is 0 Å². The van der Waals surface area contributed by atoms with Gasteiger partial charge in [0.15, 0.2) is 0 Å². The van der Waals surface area contributed by atoms with Gasteiger partial charge in [0.25, 0.3) is 5.91 Å². The SMILES string of the molecule is Cc1ccccc1CCNC(=O)c1cc(F)ccc1Br. The van der Waals surface area contributed by atoms with Crippen LogP contribution >= 0.6 is 15.9 Å². The number of halogens is 2. The van der Waals surface area contributed by atoms with E-state index in [2.05, 4.69) is 21.2 Å². The van der Waals surface area contributed by atoms with Gasteiger partial charge in [-0.3, -0.25) is 4.79 Å². The van der Waals surface area contributed by atoms with Crippen molar-refractivity contribution in [3.8, 4) is 0 Å². The zero-order chi connectivity index (χ0) is 14.5. The van der Waals surface area contributed by atoms with Gasteiger partial charge in [-0.25, -0.2) is 4.39 Å². The summed E-state index contributed by atoms with van der Waals surface area (Å²) in [5.41, 5.74) is 2.72. The summed E-state index contributed by atoms with van der Waals surface area (Å²) in [6, 6.07) is 12.1. The third kappa shape index (κ3) is 3.67. The van der Waals surface area contributed by atoms with Gasteiger partial charge in [-0.05, 0) is 58.6 Å². The summed E-state index contributed by atoms with van der Waals surface area (Å²) in [6.45, 7) is 2.56. The summed E-state index contributed by atoms with van der Waals surface area (Å²) in [4.78, 5) is 12.0. The van der Waals surface area contributed by atoms with Crippen molar-refractivity contribution in [3.63, 3.8) is 0 Å². The van der Waals surface area contributed by atoms with Crippen molar-refractivity contribution in [1.82, 2.24) is 5.32 Å². The molecule has 0 atom stereocenters. The molecule has 1 amide bonds. The summed E-state index contributed by atoms with van der Waals surface area (Å²) < 4.78 is 13.7. The van der Waals surface area contributed by atoms with Crippen LogP contribution in [0.1, 0.15) is 21.5 Å². The average molecular weight is 336 g/mol. The number of hydrogen-bond donors (Lipinski definition) is 1. The van der Waals surface area contributed by atoms with E-state index in [0.29, 0.717) is 16.6 Å². The van der Waals surface area contributed by atoms with Gasteiger partial charge in [0, 0.05) is 11.0 Å². The molecular formula is C16H15BrFNO. The largest absolute Gasteiger partial charge is 0.352 e. The molecule has 0 saturated heterocycles. The Kier molecular flexibility index (Phi) is 4.90. The monoisotopic (exact) mass is 335 g/mol. The number of carbonyl (C=O) groups excluding carboxylic acids is 1. The molecule has 0 heterocycles. The standard InChI is InChI=1S/C16H15BrFNO/c1-11-4-2-3-5-12(11)8-9-19-16(20)14-10-13(18)6-7-15(14)17/h2-7,10H,8-9H2,1H3,(H,19,20). The van der Waals surface area contributed by atoms with Crippen LogP contribution in [0.5, 0.6) is 0 Å². The molecule has 0 aliphatic heterocycles. The highest BCUT2D eigenvalue weighted by molar-refractivity contribution is 9.10. The van der Waals surface area contributed by atoms with Gasteiger partial charge < -0.3 is 5.32 Å². The summed E-state index contributed by atoms with van der Waals surface area (Å²) in [7, 11) is 0. The maximum atomic E-state index is 13.1. The molecule has 0 unspecified atom stereocenters. The second-order valence-corrected chi connectivity index (χ2v) is 5.41. The second kappa shape index (κ2) is 6.66. The van der Waals surface area contributed by atoms with Crippen molar-refractivity contribution in [2.45, 2.75) is 13.3 Å². The summed E-state index contributed by atoms with van der Waals surface area (Å²) >= 11 is 3.25. The minimum atomic E-state index is -0.419. The lowest BCUT2D eigenvalue weighted by molar-refractivity contribution is 0.0953. The van der Waals surface area contributed by atoms with Crippen LogP contribution in [0.3, 0.4) is 0 Å². The van der Waals surface area contributed by atoms with Crippen molar-refractivity contribution in [3.05, 3.63) is 69.4 Å². The van der Waals surface area contributed by atoms with E-state index in [9.17, 15) is 9.18 Å². The maximum Gasteiger partial charge on any atom is 0.252 e. The predicted molar refractivity (Wildman–Crippen MR) is 81.3 cm³/mol. The van der Waals surface area contributed by atoms with Gasteiger partial charge in [-0.15, -0.1) is 0 Å². The Balaban J connectivity index is 1.96. The van der Waals surface area contributed by atoms with Crippen molar-refractivity contribution in [2.75, 3.05) is 6.54 Å². The lowest BCUT2D eigenvalue weighted by atomic mass is 10.1. The van der Waals surface area contributed by atoms with Crippen LogP contribution in [0.4, 0.5) is 4.39 Å². The molecule has 0 spiro atoms. The lowest BCUT2D eigenvalue weighted by Crippen LogP contribution is -2.26. The molecule has 0 bridgehead atoms. The smallest absolute Gasteiger partial charge is 0.252 e. The number of amides is 1. The van der Waals surface area contributed by atoms with Crippen LogP contribution in [0, 0.1) is 12.7 Å². The first-order chi connectivity index (χ1) is 9.58. The zero-order valence-electron chi connectivity index (χ0n) is 11.1. The highest BCUT2D eigenvalue weighted by atomic mass is 79.9. The van der Waals surface area contributed by atoms with Crippen molar-refractivity contribution >= 4 is 21.8 Å². The Labute approximate surface area is 126 Å². The highest BCUT2D eigenvalue weighted by Crippen LogP contribution is 2.17. The third-order valence-corrected chi connectivity index (χ3v) is 3.81. The van der Waals surface area contributed by atoms with E-state index < -0.39 is 5.82 Å². The van der Waals surface area contributed by atoms with E-state index in [-0.39, 0.29) is 5.91 Å². The Morgan fingerprint density at radius 3 is 2.75 bits per heavy atom. The van der Waals surface area contributed by atoms with Gasteiger partial charge in [-0.1, -0.05) is 24.3 Å². The molecule has 2 aromatic rings. The minimum Gasteiger partial charge on any atom is -0.352 e. The lowest BCUT2D eigenvalue weighted by Gasteiger charge is -2.08. The van der Waals surface area contributed by atoms with E-state index >= 15 is 0 Å². The number of aryl methyl sites for hydroxylation is 1. The summed E-state index contributed by atoms with van der Waals surface area (Å²) in [6.07, 6.45) is 0.755. The van der Waals surface area contributed by atoms with Crippen LogP contribution in [0.25, 0.3) is 0 Å². The van der Waals surface area contributed by atoms with Crippen molar-refractivity contribution < 1.29 is 9.18 Å². The number of nitrogens with one attached hydrogen (secondary N) is 1. The normalized spacial score (nSPS) is 10.3. The Bertz CT molecular complexity index is 628. The first-order valence-corrected chi connectivity index (χ1v) is 7.15. The molecule has 104 valence electrons. The zero-order valence-corrected chi connectivity index (χ0v) is 12.7. The van der Waals surface area contributed by atoms with E-state index in [1.807, 2.05) is 31.2 Å². The number of rotatable bonds is 4. The van der Waals surface area contributed by atoms with Crippen LogP contribution in [0.15, 0.2) is 46.9 Å². The van der Waals surface area contributed by atoms with Crippen LogP contribution in [0.2, 0.25) is 0 Å². The minimum absolute atomic E-state index is 0.273. The Hall–Kier alpha value is -1.68. The molecule has 20 heavy (non-hydrogen) atoms. The van der Waals surface area contributed by atoms with Crippen LogP contribution < -0.4 is 5.32 Å². The van der Waals surface area contributed by atoms with Crippen molar-refractivity contribution in [1.29, 1.82) is 0 Å². The molecule has 2 rings (SSSR count). The Morgan fingerprint density at radius 2 is 2.00 bits per heavy atom. The van der Waals surface area contributed by atoms with Crippen molar-refractivity contribution in [2.24, 2.45) is 0 Å². The summed E-state index contributed by atoms with van der Waals surface area (Å²) in [5.74, 6) is -0.692. The number of benzene rings is 2. The summed E-state index contributed by atoms with van der Waals surface area (Å²) in [5, 5.41) is 2.81. The van der Waals surface area contributed by atoms with E-state index in [1.165, 1.54) is 29.3 Å². The topological polar surface area (TPSA) is 29.1 Å².